The van der Waals surface area contributed by atoms with E-state index in [-0.39, 0.29) is 6.04 Å². The van der Waals surface area contributed by atoms with E-state index >= 15 is 0 Å². The largest absolute Gasteiger partial charge is 0.320 e. The Labute approximate surface area is 110 Å². The van der Waals surface area contributed by atoms with Crippen molar-refractivity contribution in [1.82, 2.24) is 0 Å². The minimum atomic E-state index is 0.120. The van der Waals surface area contributed by atoms with Gasteiger partial charge in [0.2, 0.25) is 0 Å². The Balaban J connectivity index is 2.09. The van der Waals surface area contributed by atoms with Crippen molar-refractivity contribution in [2.45, 2.75) is 44.6 Å². The molecule has 0 saturated carbocycles. The van der Waals surface area contributed by atoms with Gasteiger partial charge in [-0.25, -0.2) is 0 Å². The maximum Gasteiger partial charge on any atom is 0.0605 e. The second-order valence-electron chi connectivity index (χ2n) is 4.38. The number of halogens is 1. The van der Waals surface area contributed by atoms with Gasteiger partial charge in [-0.2, -0.15) is 0 Å². The first-order valence-electron chi connectivity index (χ1n) is 5.96. The maximum atomic E-state index is 6.32. The molecule has 1 atom stereocenters. The molecule has 1 aromatic heterocycles. The van der Waals surface area contributed by atoms with Crippen LogP contribution in [0.2, 0.25) is 0 Å². The van der Waals surface area contributed by atoms with Gasteiger partial charge in [-0.05, 0) is 47.7 Å². The Kier molecular flexibility index (Phi) is 4.62. The molecule has 0 fully saturated rings. The highest BCUT2D eigenvalue weighted by Gasteiger charge is 2.14. The van der Waals surface area contributed by atoms with Crippen LogP contribution in [-0.2, 0) is 0 Å². The van der Waals surface area contributed by atoms with Crippen LogP contribution in [0.25, 0.3) is 0 Å². The number of thiophene rings is 1. The Bertz CT molecular complexity index is 370. The lowest BCUT2D eigenvalue weighted by Gasteiger charge is -2.17. The van der Waals surface area contributed by atoms with E-state index in [2.05, 4.69) is 33.5 Å². The van der Waals surface area contributed by atoms with Crippen LogP contribution in [0.5, 0.6) is 0 Å². The fourth-order valence-electron chi connectivity index (χ4n) is 2.17. The van der Waals surface area contributed by atoms with Crippen LogP contribution >= 0.6 is 27.3 Å². The van der Waals surface area contributed by atoms with Gasteiger partial charge in [-0.1, -0.05) is 24.5 Å². The monoisotopic (exact) mass is 299 g/mol. The fraction of sp³-hybridized carbons (Fsp3) is 0.538. The number of hydrogen-bond acceptors (Lipinski definition) is 2. The first-order valence-corrected chi connectivity index (χ1v) is 7.63. The highest BCUT2D eigenvalue weighted by Crippen LogP contribution is 2.31. The van der Waals surface area contributed by atoms with E-state index in [0.717, 1.165) is 4.47 Å². The number of hydrogen-bond donors (Lipinski definition) is 1. The highest BCUT2D eigenvalue weighted by molar-refractivity contribution is 9.10. The van der Waals surface area contributed by atoms with Gasteiger partial charge in [-0.3, -0.25) is 0 Å². The van der Waals surface area contributed by atoms with Crippen LogP contribution in [0, 0.1) is 0 Å². The van der Waals surface area contributed by atoms with Crippen LogP contribution in [0.1, 0.15) is 49.4 Å². The molecule has 1 heterocycles. The lowest BCUT2D eigenvalue weighted by Crippen LogP contribution is -2.12. The highest BCUT2D eigenvalue weighted by atomic mass is 79.9. The molecule has 0 bridgehead atoms. The van der Waals surface area contributed by atoms with Crippen molar-refractivity contribution in [3.8, 4) is 0 Å². The Hall–Kier alpha value is -0.120. The third-order valence-corrected chi connectivity index (χ3v) is 4.90. The van der Waals surface area contributed by atoms with Crippen LogP contribution < -0.4 is 5.73 Å². The van der Waals surface area contributed by atoms with Gasteiger partial charge in [0, 0.05) is 14.7 Å². The van der Waals surface area contributed by atoms with Crippen LogP contribution in [0.15, 0.2) is 27.6 Å². The van der Waals surface area contributed by atoms with Gasteiger partial charge in [0.1, 0.15) is 0 Å². The van der Waals surface area contributed by atoms with E-state index in [0.29, 0.717) is 0 Å². The molecule has 2 N–H and O–H groups in total. The molecular weight excluding hydrogens is 282 g/mol. The second kappa shape index (κ2) is 5.99. The maximum absolute atomic E-state index is 6.32. The molecule has 3 heteroatoms. The summed E-state index contributed by atoms with van der Waals surface area (Å²) in [6.07, 6.45) is 10.1. The number of nitrogens with two attached hydrogens (primary N) is 1. The van der Waals surface area contributed by atoms with E-state index in [1.54, 1.807) is 11.3 Å². The molecule has 2 rings (SSSR count). The minimum Gasteiger partial charge on any atom is -0.320 e. The summed E-state index contributed by atoms with van der Waals surface area (Å²) in [4.78, 5) is 1.28. The van der Waals surface area contributed by atoms with Crippen molar-refractivity contribution in [2.24, 2.45) is 5.73 Å². The molecule has 0 amide bonds. The summed E-state index contributed by atoms with van der Waals surface area (Å²) in [5.41, 5.74) is 7.76. The quantitative estimate of drug-likeness (QED) is 0.781. The molecule has 1 aliphatic rings. The summed E-state index contributed by atoms with van der Waals surface area (Å²) >= 11 is 5.24. The van der Waals surface area contributed by atoms with Crippen molar-refractivity contribution in [2.75, 3.05) is 0 Å². The molecule has 0 spiro atoms. The number of rotatable bonds is 2. The second-order valence-corrected chi connectivity index (χ2v) is 6.24. The van der Waals surface area contributed by atoms with E-state index < -0.39 is 0 Å². The summed E-state index contributed by atoms with van der Waals surface area (Å²) < 4.78 is 1.15. The van der Waals surface area contributed by atoms with Crippen molar-refractivity contribution < 1.29 is 0 Å². The first kappa shape index (κ1) is 12.3. The summed E-state index contributed by atoms with van der Waals surface area (Å²) in [5.74, 6) is 0. The Morgan fingerprint density at radius 1 is 1.25 bits per heavy atom. The molecule has 0 aliphatic heterocycles. The minimum absolute atomic E-state index is 0.120. The number of allylic oxidation sites excluding steroid dienone is 1. The van der Waals surface area contributed by atoms with E-state index in [9.17, 15) is 0 Å². The van der Waals surface area contributed by atoms with Crippen molar-refractivity contribution >= 4 is 27.3 Å². The zero-order valence-corrected chi connectivity index (χ0v) is 11.8. The molecule has 0 saturated heterocycles. The topological polar surface area (TPSA) is 26.0 Å². The summed E-state index contributed by atoms with van der Waals surface area (Å²) in [7, 11) is 0. The van der Waals surface area contributed by atoms with Gasteiger partial charge in [0.25, 0.3) is 0 Å². The molecule has 1 nitrogen and oxygen atoms in total. The van der Waals surface area contributed by atoms with Crippen molar-refractivity contribution in [3.05, 3.63) is 32.4 Å². The SMILES string of the molecule is NC(C1=CCCCCCC1)c1cc(Br)cs1. The molecule has 0 aromatic carbocycles. The predicted octanol–water partition coefficient (Wildman–Crippen LogP) is 4.79. The molecule has 1 aromatic rings. The predicted molar refractivity (Wildman–Crippen MR) is 74.7 cm³/mol. The van der Waals surface area contributed by atoms with Gasteiger partial charge >= 0.3 is 0 Å². The van der Waals surface area contributed by atoms with Gasteiger partial charge < -0.3 is 5.73 Å². The average molecular weight is 300 g/mol. The summed E-state index contributed by atoms with van der Waals surface area (Å²) in [6, 6.07) is 2.27. The molecule has 88 valence electrons. The third-order valence-electron chi connectivity index (χ3n) is 3.12. The summed E-state index contributed by atoms with van der Waals surface area (Å²) in [5, 5.41) is 2.11. The normalized spacial score (nSPS) is 19.8. The van der Waals surface area contributed by atoms with E-state index in [1.807, 2.05) is 0 Å². The van der Waals surface area contributed by atoms with E-state index in [4.69, 9.17) is 5.73 Å². The first-order chi connectivity index (χ1) is 7.77. The average Bonchev–Trinajstić information content (AvgIpc) is 2.63. The van der Waals surface area contributed by atoms with Gasteiger partial charge in [0.15, 0.2) is 0 Å². The van der Waals surface area contributed by atoms with Crippen LogP contribution in [-0.4, -0.2) is 0 Å². The Morgan fingerprint density at radius 2 is 2.06 bits per heavy atom. The molecule has 16 heavy (non-hydrogen) atoms. The molecule has 0 radical (unpaired) electrons. The molecule has 1 unspecified atom stereocenters. The lowest BCUT2D eigenvalue weighted by atomic mass is 9.95. The van der Waals surface area contributed by atoms with Gasteiger partial charge in [-0.15, -0.1) is 11.3 Å². The van der Waals surface area contributed by atoms with Crippen LogP contribution in [0.3, 0.4) is 0 Å². The third kappa shape index (κ3) is 3.19. The molecular formula is C13H18BrNS. The van der Waals surface area contributed by atoms with Gasteiger partial charge in [0.05, 0.1) is 6.04 Å². The van der Waals surface area contributed by atoms with Crippen molar-refractivity contribution in [1.29, 1.82) is 0 Å². The zero-order valence-electron chi connectivity index (χ0n) is 9.42. The standard InChI is InChI=1S/C13H18BrNS/c14-11-8-12(16-9-11)13(15)10-6-4-2-1-3-5-7-10/h6,8-9,13H,1-5,7,15H2. The van der Waals surface area contributed by atoms with Crippen molar-refractivity contribution in [3.63, 3.8) is 0 Å². The Morgan fingerprint density at radius 3 is 2.81 bits per heavy atom. The van der Waals surface area contributed by atoms with Crippen LogP contribution in [0.4, 0.5) is 0 Å². The molecule has 1 aliphatic carbocycles. The fourth-order valence-corrected chi connectivity index (χ4v) is 3.66. The summed E-state index contributed by atoms with van der Waals surface area (Å²) in [6.45, 7) is 0. The van der Waals surface area contributed by atoms with E-state index in [1.165, 1.54) is 49.0 Å². The smallest absolute Gasteiger partial charge is 0.0605 e. The zero-order chi connectivity index (χ0) is 11.4. The lowest BCUT2D eigenvalue weighted by molar-refractivity contribution is 0.604.